The van der Waals surface area contributed by atoms with Gasteiger partial charge in [0, 0.05) is 45.0 Å². The minimum Gasteiger partial charge on any atom is -0.377 e. The van der Waals surface area contributed by atoms with Crippen LogP contribution >= 0.6 is 0 Å². The van der Waals surface area contributed by atoms with Gasteiger partial charge in [0.05, 0.1) is 10.6 Å². The van der Waals surface area contributed by atoms with E-state index in [9.17, 15) is 8.42 Å². The maximum absolute atomic E-state index is 12.7. The van der Waals surface area contributed by atoms with E-state index in [4.69, 9.17) is 0 Å². The Hall–Kier alpha value is -1.86. The average molecular weight is 348 g/mol. The van der Waals surface area contributed by atoms with Gasteiger partial charge in [-0.2, -0.15) is 0 Å². The average Bonchev–Trinajstić information content (AvgIpc) is 2.86. The summed E-state index contributed by atoms with van der Waals surface area (Å²) in [5.74, 6) is 1.04. The van der Waals surface area contributed by atoms with Crippen molar-refractivity contribution in [2.75, 3.05) is 19.0 Å². The molecule has 6 nitrogen and oxygen atoms in total. The van der Waals surface area contributed by atoms with Gasteiger partial charge in [0.25, 0.3) is 0 Å². The predicted molar refractivity (Wildman–Crippen MR) is 94.9 cm³/mol. The van der Waals surface area contributed by atoms with Crippen molar-refractivity contribution in [1.29, 1.82) is 0 Å². The molecule has 0 unspecified atom stereocenters. The molecule has 0 bridgehead atoms. The molecule has 0 fully saturated rings. The lowest BCUT2D eigenvalue weighted by Gasteiger charge is -2.25. The van der Waals surface area contributed by atoms with E-state index in [1.807, 2.05) is 49.7 Å². The molecule has 1 atom stereocenters. The molecule has 0 saturated heterocycles. The molecule has 0 aliphatic carbocycles. The first-order valence-electron chi connectivity index (χ1n) is 8.09. The van der Waals surface area contributed by atoms with E-state index >= 15 is 0 Å². The van der Waals surface area contributed by atoms with Gasteiger partial charge in [0.1, 0.15) is 5.82 Å². The van der Waals surface area contributed by atoms with E-state index in [1.54, 1.807) is 12.1 Å². The van der Waals surface area contributed by atoms with Crippen LogP contribution in [0.25, 0.3) is 0 Å². The molecule has 1 N–H and O–H groups in total. The van der Waals surface area contributed by atoms with E-state index in [0.29, 0.717) is 11.4 Å². The zero-order valence-electron chi connectivity index (χ0n) is 14.6. The first-order chi connectivity index (χ1) is 11.3. The monoisotopic (exact) mass is 348 g/mol. The van der Waals surface area contributed by atoms with E-state index in [-0.39, 0.29) is 6.04 Å². The number of hydrogen-bond donors (Lipinski definition) is 1. The van der Waals surface area contributed by atoms with Crippen LogP contribution in [0.3, 0.4) is 0 Å². The van der Waals surface area contributed by atoms with Crippen molar-refractivity contribution in [2.24, 2.45) is 0 Å². The van der Waals surface area contributed by atoms with Crippen LogP contribution in [0, 0.1) is 13.8 Å². The normalized spacial score (nSPS) is 17.6. The van der Waals surface area contributed by atoms with Crippen LogP contribution in [0.4, 0.5) is 5.69 Å². The molecule has 7 heteroatoms. The standard InChI is InChI=1S/C17H24N4O2S/c1-12-5-7-15(9-16(12)20(3)4)24(22,23)19-14-6-8-17-18-13(2)10-21(17)11-14/h5,7,9-10,14,19H,6,8,11H2,1-4H3/t14-/m1/s1. The van der Waals surface area contributed by atoms with E-state index in [0.717, 1.165) is 35.6 Å². The van der Waals surface area contributed by atoms with Crippen molar-refractivity contribution in [3.8, 4) is 0 Å². The predicted octanol–water partition coefficient (Wildman–Crippen LogP) is 1.86. The van der Waals surface area contributed by atoms with E-state index in [2.05, 4.69) is 9.71 Å². The Morgan fingerprint density at radius 2 is 2.04 bits per heavy atom. The summed E-state index contributed by atoms with van der Waals surface area (Å²) in [6.07, 6.45) is 3.53. The highest BCUT2D eigenvalue weighted by molar-refractivity contribution is 7.89. The number of sulfonamides is 1. The lowest BCUT2D eigenvalue weighted by molar-refractivity contribution is 0.421. The Labute approximate surface area is 143 Å². The molecule has 0 saturated carbocycles. The van der Waals surface area contributed by atoms with Gasteiger partial charge >= 0.3 is 0 Å². The molecule has 2 heterocycles. The van der Waals surface area contributed by atoms with Gasteiger partial charge in [0.2, 0.25) is 10.0 Å². The fourth-order valence-electron chi connectivity index (χ4n) is 3.21. The highest BCUT2D eigenvalue weighted by Crippen LogP contribution is 2.23. The first kappa shape index (κ1) is 17.0. The molecule has 130 valence electrons. The molecular weight excluding hydrogens is 324 g/mol. The van der Waals surface area contributed by atoms with Crippen LogP contribution in [0.5, 0.6) is 0 Å². The number of aryl methyl sites for hydroxylation is 3. The number of anilines is 1. The Morgan fingerprint density at radius 3 is 2.75 bits per heavy atom. The van der Waals surface area contributed by atoms with Crippen LogP contribution in [-0.4, -0.2) is 38.1 Å². The van der Waals surface area contributed by atoms with Crippen molar-refractivity contribution in [1.82, 2.24) is 14.3 Å². The molecular formula is C17H24N4O2S. The Morgan fingerprint density at radius 1 is 1.29 bits per heavy atom. The number of nitrogens with one attached hydrogen (secondary N) is 1. The zero-order chi connectivity index (χ0) is 17.5. The van der Waals surface area contributed by atoms with Gasteiger partial charge in [-0.3, -0.25) is 0 Å². The molecule has 1 aromatic carbocycles. The molecule has 1 aliphatic heterocycles. The molecule has 1 aliphatic rings. The minimum atomic E-state index is -3.54. The summed E-state index contributed by atoms with van der Waals surface area (Å²) < 4.78 is 30.4. The van der Waals surface area contributed by atoms with Crippen LogP contribution in [0.15, 0.2) is 29.3 Å². The summed E-state index contributed by atoms with van der Waals surface area (Å²) in [6.45, 7) is 4.56. The lowest BCUT2D eigenvalue weighted by atomic mass is 10.1. The first-order valence-corrected chi connectivity index (χ1v) is 9.57. The number of fused-ring (bicyclic) bond motifs is 1. The number of aromatic nitrogens is 2. The third-order valence-electron chi connectivity index (χ3n) is 4.41. The van der Waals surface area contributed by atoms with E-state index in [1.165, 1.54) is 0 Å². The fourth-order valence-corrected chi connectivity index (χ4v) is 4.49. The molecule has 24 heavy (non-hydrogen) atoms. The maximum Gasteiger partial charge on any atom is 0.240 e. The topological polar surface area (TPSA) is 67.2 Å². The van der Waals surface area contributed by atoms with Crippen LogP contribution in [0.2, 0.25) is 0 Å². The number of hydrogen-bond acceptors (Lipinski definition) is 4. The maximum atomic E-state index is 12.7. The van der Waals surface area contributed by atoms with Crippen molar-refractivity contribution < 1.29 is 8.42 Å². The van der Waals surface area contributed by atoms with Gasteiger partial charge in [-0.25, -0.2) is 18.1 Å². The van der Waals surface area contributed by atoms with Gasteiger partial charge in [-0.05, 0) is 38.0 Å². The summed E-state index contributed by atoms with van der Waals surface area (Å²) in [7, 11) is 0.287. The Balaban J connectivity index is 1.81. The summed E-state index contributed by atoms with van der Waals surface area (Å²) in [4.78, 5) is 6.70. The summed E-state index contributed by atoms with van der Waals surface area (Å²) in [5.41, 5.74) is 2.94. The number of imidazole rings is 1. The quantitative estimate of drug-likeness (QED) is 0.916. The zero-order valence-corrected chi connectivity index (χ0v) is 15.4. The second-order valence-electron chi connectivity index (χ2n) is 6.65. The van der Waals surface area contributed by atoms with Gasteiger partial charge in [-0.1, -0.05) is 6.07 Å². The SMILES string of the molecule is Cc1cn2c(n1)CC[C@@H](NS(=O)(=O)c1ccc(C)c(N(C)C)c1)C2. The third kappa shape index (κ3) is 3.32. The summed E-state index contributed by atoms with van der Waals surface area (Å²) in [5, 5.41) is 0. The molecule has 0 amide bonds. The second-order valence-corrected chi connectivity index (χ2v) is 8.36. The van der Waals surface area contributed by atoms with Crippen molar-refractivity contribution in [2.45, 2.75) is 44.2 Å². The highest BCUT2D eigenvalue weighted by atomic mass is 32.2. The second kappa shape index (κ2) is 6.22. The number of nitrogens with zero attached hydrogens (tertiary/aromatic N) is 3. The fraction of sp³-hybridized carbons (Fsp3) is 0.471. The van der Waals surface area contributed by atoms with Crippen LogP contribution in [0.1, 0.15) is 23.5 Å². The van der Waals surface area contributed by atoms with Crippen LogP contribution in [-0.2, 0) is 23.0 Å². The Kier molecular flexibility index (Phi) is 4.40. The van der Waals surface area contributed by atoms with Crippen molar-refractivity contribution >= 4 is 15.7 Å². The molecule has 0 radical (unpaired) electrons. The number of benzene rings is 1. The summed E-state index contributed by atoms with van der Waals surface area (Å²) in [6, 6.07) is 5.13. The third-order valence-corrected chi connectivity index (χ3v) is 5.93. The van der Waals surface area contributed by atoms with Gasteiger partial charge in [-0.15, -0.1) is 0 Å². The lowest BCUT2D eigenvalue weighted by Crippen LogP contribution is -2.40. The smallest absolute Gasteiger partial charge is 0.240 e. The minimum absolute atomic E-state index is 0.111. The summed E-state index contributed by atoms with van der Waals surface area (Å²) >= 11 is 0. The van der Waals surface area contributed by atoms with Crippen LogP contribution < -0.4 is 9.62 Å². The van der Waals surface area contributed by atoms with E-state index < -0.39 is 10.0 Å². The largest absolute Gasteiger partial charge is 0.377 e. The molecule has 2 aromatic rings. The highest BCUT2D eigenvalue weighted by Gasteiger charge is 2.25. The Bertz CT molecular complexity index is 855. The van der Waals surface area contributed by atoms with Crippen molar-refractivity contribution in [3.05, 3.63) is 41.5 Å². The van der Waals surface area contributed by atoms with Gasteiger partial charge < -0.3 is 9.47 Å². The molecule has 3 rings (SSSR count). The molecule has 1 aromatic heterocycles. The number of rotatable bonds is 4. The van der Waals surface area contributed by atoms with Gasteiger partial charge in [0.15, 0.2) is 0 Å². The molecule has 0 spiro atoms. The van der Waals surface area contributed by atoms with Crippen molar-refractivity contribution in [3.63, 3.8) is 0 Å².